The van der Waals surface area contributed by atoms with Gasteiger partial charge in [0.15, 0.2) is 0 Å². The molecule has 0 unspecified atom stereocenters. The van der Waals surface area contributed by atoms with Gasteiger partial charge in [0.2, 0.25) is 0 Å². The Balaban J connectivity index is 1.74. The topological polar surface area (TPSA) is 37.2 Å². The Hall–Kier alpha value is -0.940. The van der Waals surface area contributed by atoms with Crippen molar-refractivity contribution in [2.24, 2.45) is 5.41 Å². The molecule has 0 N–H and O–H groups in total. The molecule has 0 bridgehead atoms. The van der Waals surface area contributed by atoms with Crippen molar-refractivity contribution < 1.29 is 0 Å². The highest BCUT2D eigenvalue weighted by atomic mass is 15.4. The Bertz CT molecular complexity index is 424. The molecular weight excluding hydrogens is 262 g/mol. The highest BCUT2D eigenvalue weighted by Gasteiger charge is 2.18. The average molecular weight is 293 g/mol. The minimum atomic E-state index is 0.272. The number of nitrogens with zero attached hydrogens (tertiary/aromatic N) is 5. The summed E-state index contributed by atoms with van der Waals surface area (Å²) in [5.74, 6) is 0. The van der Waals surface area contributed by atoms with Crippen molar-refractivity contribution in [3.8, 4) is 0 Å². The second-order valence-electron chi connectivity index (χ2n) is 7.68. The molecule has 1 aliphatic heterocycles. The lowest BCUT2D eigenvalue weighted by atomic mass is 9.91. The lowest BCUT2D eigenvalue weighted by molar-refractivity contribution is 0.105. The van der Waals surface area contributed by atoms with Crippen LogP contribution >= 0.6 is 0 Å². The fourth-order valence-electron chi connectivity index (χ4n) is 2.82. The maximum Gasteiger partial charge on any atom is 0.0832 e. The van der Waals surface area contributed by atoms with Crippen LogP contribution < -0.4 is 0 Å². The first kappa shape index (κ1) is 16.4. The molecule has 1 aliphatic rings. The minimum Gasteiger partial charge on any atom is -0.299 e. The molecule has 2 heterocycles. The quantitative estimate of drug-likeness (QED) is 0.831. The molecule has 0 aromatic carbocycles. The molecule has 0 aliphatic carbocycles. The van der Waals surface area contributed by atoms with Gasteiger partial charge in [-0.1, -0.05) is 26.0 Å². The maximum absolute atomic E-state index is 4.29. The predicted octanol–water partition coefficient (Wildman–Crippen LogP) is 1.89. The second kappa shape index (κ2) is 6.88. The van der Waals surface area contributed by atoms with Gasteiger partial charge in [-0.3, -0.25) is 14.5 Å². The number of piperazine rings is 1. The zero-order valence-corrected chi connectivity index (χ0v) is 14.3. The van der Waals surface area contributed by atoms with Crippen LogP contribution in [0.15, 0.2) is 6.20 Å². The molecular formula is C16H31N5. The molecule has 0 saturated carbocycles. The van der Waals surface area contributed by atoms with E-state index >= 15 is 0 Å². The molecule has 120 valence electrons. The fraction of sp³-hybridized carbons (Fsp3) is 0.875. The van der Waals surface area contributed by atoms with Crippen LogP contribution in [-0.4, -0.2) is 63.6 Å². The van der Waals surface area contributed by atoms with Gasteiger partial charge in [-0.15, -0.1) is 5.10 Å². The van der Waals surface area contributed by atoms with E-state index in [-0.39, 0.29) is 5.41 Å². The fourth-order valence-corrected chi connectivity index (χ4v) is 2.82. The highest BCUT2D eigenvalue weighted by molar-refractivity contribution is 4.95. The number of hydrogen-bond acceptors (Lipinski definition) is 4. The molecule has 1 aromatic heterocycles. The van der Waals surface area contributed by atoms with E-state index in [1.54, 1.807) is 0 Å². The summed E-state index contributed by atoms with van der Waals surface area (Å²) < 4.78 is 2.00. The van der Waals surface area contributed by atoms with Crippen molar-refractivity contribution in [3.05, 3.63) is 11.9 Å². The van der Waals surface area contributed by atoms with Crippen LogP contribution in [-0.2, 0) is 13.0 Å². The van der Waals surface area contributed by atoms with Gasteiger partial charge in [0.05, 0.1) is 12.2 Å². The Kier molecular flexibility index (Phi) is 5.38. The van der Waals surface area contributed by atoms with Crippen molar-refractivity contribution in [1.82, 2.24) is 24.8 Å². The number of rotatable bonds is 5. The van der Waals surface area contributed by atoms with Gasteiger partial charge in [0, 0.05) is 45.0 Å². The molecule has 0 radical (unpaired) electrons. The Labute approximate surface area is 129 Å². The summed E-state index contributed by atoms with van der Waals surface area (Å²) in [6.07, 6.45) is 3.09. The summed E-state index contributed by atoms with van der Waals surface area (Å²) in [6, 6.07) is 0.669. The van der Waals surface area contributed by atoms with E-state index in [4.69, 9.17) is 0 Å². The van der Waals surface area contributed by atoms with Gasteiger partial charge in [-0.2, -0.15) is 0 Å². The van der Waals surface area contributed by atoms with Gasteiger partial charge in [-0.05, 0) is 25.7 Å². The van der Waals surface area contributed by atoms with Gasteiger partial charge in [-0.25, -0.2) is 0 Å². The van der Waals surface area contributed by atoms with Crippen molar-refractivity contribution in [3.63, 3.8) is 0 Å². The van der Waals surface area contributed by atoms with Crippen LogP contribution in [0.5, 0.6) is 0 Å². The summed E-state index contributed by atoms with van der Waals surface area (Å²) in [4.78, 5) is 5.08. The summed E-state index contributed by atoms with van der Waals surface area (Å²) in [5.41, 5.74) is 1.38. The van der Waals surface area contributed by atoms with E-state index in [9.17, 15) is 0 Å². The van der Waals surface area contributed by atoms with E-state index in [1.807, 2.05) is 4.68 Å². The lowest BCUT2D eigenvalue weighted by Gasteiger charge is -2.36. The van der Waals surface area contributed by atoms with Crippen molar-refractivity contribution >= 4 is 0 Å². The molecule has 1 fully saturated rings. The van der Waals surface area contributed by atoms with E-state index in [2.05, 4.69) is 60.9 Å². The summed E-state index contributed by atoms with van der Waals surface area (Å²) in [6.45, 7) is 18.0. The average Bonchev–Trinajstić information content (AvgIpc) is 2.82. The van der Waals surface area contributed by atoms with Crippen molar-refractivity contribution in [2.45, 2.75) is 53.6 Å². The van der Waals surface area contributed by atoms with Gasteiger partial charge in [0.1, 0.15) is 0 Å². The smallest absolute Gasteiger partial charge is 0.0832 e. The zero-order valence-electron chi connectivity index (χ0n) is 14.3. The molecule has 1 saturated heterocycles. The molecule has 5 nitrogen and oxygen atoms in total. The van der Waals surface area contributed by atoms with E-state index in [1.165, 1.54) is 26.2 Å². The molecule has 2 rings (SSSR count). The van der Waals surface area contributed by atoms with Crippen LogP contribution in [0.4, 0.5) is 0 Å². The third-order valence-corrected chi connectivity index (χ3v) is 4.08. The van der Waals surface area contributed by atoms with Crippen LogP contribution in [0.1, 0.15) is 40.3 Å². The molecule has 1 aromatic rings. The Morgan fingerprint density at radius 2 is 1.76 bits per heavy atom. The molecule has 0 atom stereocenters. The SMILES string of the molecule is CC(C)N1CCN(CCn2cc(CC(C)(C)C)nn2)CC1. The highest BCUT2D eigenvalue weighted by Crippen LogP contribution is 2.18. The molecule has 5 heteroatoms. The standard InChI is InChI=1S/C16H31N5/c1-14(2)20-9-6-19(7-10-20)8-11-21-13-15(17-18-21)12-16(3,4)5/h13-14H,6-12H2,1-5H3. The van der Waals surface area contributed by atoms with E-state index in [0.29, 0.717) is 6.04 Å². The monoisotopic (exact) mass is 293 g/mol. The minimum absolute atomic E-state index is 0.272. The first-order valence-corrected chi connectivity index (χ1v) is 8.19. The van der Waals surface area contributed by atoms with Gasteiger partial charge in [0.25, 0.3) is 0 Å². The molecule has 0 amide bonds. The Morgan fingerprint density at radius 3 is 2.33 bits per heavy atom. The third kappa shape index (κ3) is 5.40. The Morgan fingerprint density at radius 1 is 1.10 bits per heavy atom. The van der Waals surface area contributed by atoms with E-state index < -0.39 is 0 Å². The summed E-state index contributed by atoms with van der Waals surface area (Å²) >= 11 is 0. The number of aromatic nitrogens is 3. The molecule has 21 heavy (non-hydrogen) atoms. The van der Waals surface area contributed by atoms with E-state index in [0.717, 1.165) is 25.2 Å². The van der Waals surface area contributed by atoms with Gasteiger partial charge >= 0.3 is 0 Å². The van der Waals surface area contributed by atoms with Crippen molar-refractivity contribution in [1.29, 1.82) is 0 Å². The van der Waals surface area contributed by atoms with Crippen LogP contribution in [0.25, 0.3) is 0 Å². The zero-order chi connectivity index (χ0) is 15.5. The lowest BCUT2D eigenvalue weighted by Crippen LogP contribution is -2.49. The van der Waals surface area contributed by atoms with Crippen LogP contribution in [0.2, 0.25) is 0 Å². The predicted molar refractivity (Wildman–Crippen MR) is 86.3 cm³/mol. The maximum atomic E-state index is 4.29. The summed E-state index contributed by atoms with van der Waals surface area (Å²) in [7, 11) is 0. The van der Waals surface area contributed by atoms with Crippen molar-refractivity contribution in [2.75, 3.05) is 32.7 Å². The molecule has 0 spiro atoms. The largest absolute Gasteiger partial charge is 0.299 e. The van der Waals surface area contributed by atoms with Gasteiger partial charge < -0.3 is 0 Å². The second-order valence-corrected chi connectivity index (χ2v) is 7.68. The van der Waals surface area contributed by atoms with Crippen LogP contribution in [0, 0.1) is 5.41 Å². The summed E-state index contributed by atoms with van der Waals surface area (Å²) in [5, 5.41) is 8.54. The number of hydrogen-bond donors (Lipinski definition) is 0. The third-order valence-electron chi connectivity index (χ3n) is 4.08. The normalized spacial score (nSPS) is 18.6. The van der Waals surface area contributed by atoms with Crippen LogP contribution in [0.3, 0.4) is 0 Å². The first-order chi connectivity index (χ1) is 9.83. The first-order valence-electron chi connectivity index (χ1n) is 8.19.